The smallest absolute Gasteiger partial charge is 0.311 e. The Kier molecular flexibility index (Phi) is 5.08. The number of aliphatic carboxylic acids is 1. The molecule has 25 heavy (non-hydrogen) atoms. The molecule has 1 atom stereocenters. The van der Waals surface area contributed by atoms with Crippen molar-refractivity contribution >= 4 is 27.6 Å². The molecular weight excluding hydrogens is 351 g/mol. The van der Waals surface area contributed by atoms with Crippen LogP contribution in [0, 0.1) is 17.2 Å². The molecule has 1 saturated heterocycles. The first-order chi connectivity index (χ1) is 11.5. The second-order valence-corrected chi connectivity index (χ2v) is 8.41. The maximum absolute atomic E-state index is 13.6. The number of carboxylic acids is 1. The van der Waals surface area contributed by atoms with Crippen molar-refractivity contribution < 1.29 is 27.5 Å². The van der Waals surface area contributed by atoms with Crippen LogP contribution >= 0.6 is 0 Å². The number of carbonyl (C=O) groups excluding carboxylic acids is 1. The second-order valence-electron chi connectivity index (χ2n) is 6.66. The molecule has 0 saturated carbocycles. The molecule has 1 aliphatic heterocycles. The van der Waals surface area contributed by atoms with Gasteiger partial charge in [0.05, 0.1) is 22.9 Å². The molecule has 1 heterocycles. The van der Waals surface area contributed by atoms with Crippen molar-refractivity contribution in [1.29, 1.82) is 0 Å². The van der Waals surface area contributed by atoms with Gasteiger partial charge >= 0.3 is 5.97 Å². The Labute approximate surface area is 145 Å². The molecule has 9 heteroatoms. The minimum Gasteiger partial charge on any atom is -0.481 e. The average Bonchev–Trinajstić information content (AvgIpc) is 2.93. The molecule has 138 valence electrons. The summed E-state index contributed by atoms with van der Waals surface area (Å²) in [5, 5.41) is 9.57. The number of amides is 1. The second kappa shape index (κ2) is 6.62. The van der Waals surface area contributed by atoms with Crippen LogP contribution in [0.5, 0.6) is 0 Å². The third-order valence-electron chi connectivity index (χ3n) is 4.63. The van der Waals surface area contributed by atoms with Gasteiger partial charge in [-0.2, -0.15) is 0 Å². The zero-order valence-electron chi connectivity index (χ0n) is 14.2. The molecule has 0 radical (unpaired) electrons. The highest BCUT2D eigenvalue weighted by Crippen LogP contribution is 2.39. The lowest BCUT2D eigenvalue weighted by Gasteiger charge is -2.28. The van der Waals surface area contributed by atoms with Gasteiger partial charge in [-0.25, -0.2) is 12.8 Å². The van der Waals surface area contributed by atoms with Crippen molar-refractivity contribution in [3.8, 4) is 0 Å². The van der Waals surface area contributed by atoms with E-state index in [1.54, 1.807) is 13.8 Å². The molecule has 2 rings (SSSR count). The Balaban J connectivity index is 2.36. The van der Waals surface area contributed by atoms with Crippen LogP contribution in [0.2, 0.25) is 0 Å². The molecule has 0 aliphatic carbocycles. The molecule has 0 spiro atoms. The normalized spacial score (nSPS) is 20.8. The summed E-state index contributed by atoms with van der Waals surface area (Å²) in [4.78, 5) is 25.8. The van der Waals surface area contributed by atoms with E-state index in [9.17, 15) is 27.5 Å². The average molecular weight is 372 g/mol. The van der Waals surface area contributed by atoms with Crippen molar-refractivity contribution in [2.24, 2.45) is 11.3 Å². The van der Waals surface area contributed by atoms with Gasteiger partial charge in [-0.3, -0.25) is 14.3 Å². The van der Waals surface area contributed by atoms with Gasteiger partial charge < -0.3 is 10.0 Å². The lowest BCUT2D eigenvalue weighted by atomic mass is 9.76. The Morgan fingerprint density at radius 3 is 2.48 bits per heavy atom. The Morgan fingerprint density at radius 2 is 2.00 bits per heavy atom. The van der Waals surface area contributed by atoms with Gasteiger partial charge in [-0.15, -0.1) is 0 Å². The summed E-state index contributed by atoms with van der Waals surface area (Å²) in [7, 11) is -3.66. The largest absolute Gasteiger partial charge is 0.481 e. The Hall–Kier alpha value is -2.16. The van der Waals surface area contributed by atoms with E-state index in [0.29, 0.717) is 0 Å². The van der Waals surface area contributed by atoms with E-state index < -0.39 is 33.1 Å². The number of anilines is 1. The van der Waals surface area contributed by atoms with Crippen LogP contribution in [0.25, 0.3) is 0 Å². The number of rotatable bonds is 5. The summed E-state index contributed by atoms with van der Waals surface area (Å²) in [5.41, 5.74) is -1.24. The maximum Gasteiger partial charge on any atom is 0.311 e. The predicted octanol–water partition coefficient (Wildman–Crippen LogP) is 1.77. The summed E-state index contributed by atoms with van der Waals surface area (Å²) < 4.78 is 38.7. The molecule has 1 aromatic rings. The summed E-state index contributed by atoms with van der Waals surface area (Å²) in [6.45, 7) is 3.76. The number of nitrogens with one attached hydrogen (secondary N) is 1. The van der Waals surface area contributed by atoms with E-state index >= 15 is 0 Å². The predicted molar refractivity (Wildman–Crippen MR) is 90.3 cm³/mol. The van der Waals surface area contributed by atoms with Gasteiger partial charge in [-0.1, -0.05) is 13.8 Å². The van der Waals surface area contributed by atoms with Crippen LogP contribution in [-0.4, -0.2) is 49.6 Å². The molecule has 1 amide bonds. The van der Waals surface area contributed by atoms with Crippen LogP contribution < -0.4 is 4.72 Å². The SMILES string of the molecule is CC(C)C1(C(=O)O)CCN(C(=O)c2cc(F)ccc2NS(C)(=O)=O)C1. The molecule has 1 unspecified atom stereocenters. The van der Waals surface area contributed by atoms with Gasteiger partial charge in [0.15, 0.2) is 0 Å². The fourth-order valence-corrected chi connectivity index (χ4v) is 3.63. The number of hydrogen-bond donors (Lipinski definition) is 2. The van der Waals surface area contributed by atoms with Crippen LogP contribution in [0.3, 0.4) is 0 Å². The first-order valence-corrected chi connectivity index (χ1v) is 9.65. The Morgan fingerprint density at radius 1 is 1.36 bits per heavy atom. The van der Waals surface area contributed by atoms with Crippen molar-refractivity contribution in [1.82, 2.24) is 4.90 Å². The van der Waals surface area contributed by atoms with E-state index in [1.165, 1.54) is 11.0 Å². The van der Waals surface area contributed by atoms with E-state index in [-0.39, 0.29) is 36.7 Å². The van der Waals surface area contributed by atoms with E-state index in [0.717, 1.165) is 18.4 Å². The number of hydrogen-bond acceptors (Lipinski definition) is 4. The number of carbonyl (C=O) groups is 2. The van der Waals surface area contributed by atoms with E-state index in [2.05, 4.69) is 4.72 Å². The molecule has 0 aromatic heterocycles. The monoisotopic (exact) mass is 372 g/mol. The third-order valence-corrected chi connectivity index (χ3v) is 5.22. The summed E-state index contributed by atoms with van der Waals surface area (Å²) in [6, 6.07) is 3.17. The standard InChI is InChI=1S/C16H21FN2O5S/c1-10(2)16(15(21)22)6-7-19(9-16)14(20)12-8-11(17)4-5-13(12)18-25(3,23)24/h4-5,8,10,18H,6-7,9H2,1-3H3,(H,21,22). The number of likely N-dealkylation sites (tertiary alicyclic amines) is 1. The minimum absolute atomic E-state index is 0.00629. The minimum atomic E-state index is -3.66. The number of carboxylic acid groups (broad SMARTS) is 1. The van der Waals surface area contributed by atoms with Gasteiger partial charge in [0, 0.05) is 13.1 Å². The number of benzene rings is 1. The molecule has 2 N–H and O–H groups in total. The topological polar surface area (TPSA) is 104 Å². The summed E-state index contributed by atoms with van der Waals surface area (Å²) >= 11 is 0. The van der Waals surface area contributed by atoms with Crippen molar-refractivity contribution in [2.45, 2.75) is 20.3 Å². The maximum atomic E-state index is 13.6. The van der Waals surface area contributed by atoms with Crippen LogP contribution in [0.4, 0.5) is 10.1 Å². The molecule has 1 aliphatic rings. The summed E-state index contributed by atoms with van der Waals surface area (Å²) in [6.07, 6.45) is 1.21. The van der Waals surface area contributed by atoms with Gasteiger partial charge in [0.2, 0.25) is 10.0 Å². The quantitative estimate of drug-likeness (QED) is 0.820. The van der Waals surface area contributed by atoms with E-state index in [4.69, 9.17) is 0 Å². The fourth-order valence-electron chi connectivity index (χ4n) is 3.05. The zero-order chi connectivity index (χ0) is 19.0. The lowest BCUT2D eigenvalue weighted by molar-refractivity contribution is -0.150. The van der Waals surface area contributed by atoms with Crippen molar-refractivity contribution in [2.75, 3.05) is 24.1 Å². The fraction of sp³-hybridized carbons (Fsp3) is 0.500. The molecule has 1 aromatic carbocycles. The highest BCUT2D eigenvalue weighted by Gasteiger charge is 2.48. The van der Waals surface area contributed by atoms with Gasteiger partial charge in [0.1, 0.15) is 5.82 Å². The van der Waals surface area contributed by atoms with Crippen molar-refractivity contribution in [3.05, 3.63) is 29.6 Å². The van der Waals surface area contributed by atoms with Crippen LogP contribution in [0.1, 0.15) is 30.6 Å². The highest BCUT2D eigenvalue weighted by atomic mass is 32.2. The number of nitrogens with zero attached hydrogens (tertiary/aromatic N) is 1. The number of halogens is 1. The lowest BCUT2D eigenvalue weighted by Crippen LogP contribution is -2.40. The van der Waals surface area contributed by atoms with Crippen LogP contribution in [0.15, 0.2) is 18.2 Å². The van der Waals surface area contributed by atoms with Gasteiger partial charge in [-0.05, 0) is 30.5 Å². The first kappa shape index (κ1) is 19.2. The van der Waals surface area contributed by atoms with E-state index in [1.807, 2.05) is 0 Å². The molecular formula is C16H21FN2O5S. The summed E-state index contributed by atoms with van der Waals surface area (Å²) in [5.74, 6) is -2.46. The molecule has 1 fully saturated rings. The molecule has 0 bridgehead atoms. The van der Waals surface area contributed by atoms with Gasteiger partial charge in [0.25, 0.3) is 5.91 Å². The first-order valence-electron chi connectivity index (χ1n) is 7.76. The number of sulfonamides is 1. The zero-order valence-corrected chi connectivity index (χ0v) is 15.1. The Bertz CT molecular complexity index is 809. The van der Waals surface area contributed by atoms with Crippen LogP contribution in [-0.2, 0) is 14.8 Å². The third kappa shape index (κ3) is 3.92. The highest BCUT2D eigenvalue weighted by molar-refractivity contribution is 7.92. The van der Waals surface area contributed by atoms with Crippen molar-refractivity contribution in [3.63, 3.8) is 0 Å². The molecule has 7 nitrogen and oxygen atoms in total.